The van der Waals surface area contributed by atoms with Crippen molar-refractivity contribution in [2.24, 2.45) is 0 Å². The van der Waals surface area contributed by atoms with Crippen LogP contribution in [0.2, 0.25) is 0 Å². The topological polar surface area (TPSA) is 35.5 Å². The number of halogens is 1. The second kappa shape index (κ2) is 5.47. The van der Waals surface area contributed by atoms with E-state index in [1.807, 2.05) is 0 Å². The monoisotopic (exact) mass is 264 g/mol. The molecule has 0 aliphatic carbocycles. The maximum absolute atomic E-state index is 13.3. The molecule has 2 atom stereocenters. The molecular weight excluding hydrogens is 243 g/mol. The van der Waals surface area contributed by atoms with E-state index in [0.717, 1.165) is 5.56 Å². The van der Waals surface area contributed by atoms with Gasteiger partial charge < -0.3 is 10.4 Å². The number of hydrogen-bond acceptors (Lipinski definition) is 3. The zero-order valence-electron chi connectivity index (χ0n) is 11.1. The Labute approximate surface area is 113 Å². The maximum Gasteiger partial charge on any atom is 0.165 e. The summed E-state index contributed by atoms with van der Waals surface area (Å²) in [4.78, 5) is 2.58. The summed E-state index contributed by atoms with van der Waals surface area (Å²) >= 11 is 0. The molecule has 0 amide bonds. The molecule has 2 aliphatic rings. The smallest absolute Gasteiger partial charge is 0.165 e. The van der Waals surface area contributed by atoms with Crippen LogP contribution in [0.5, 0.6) is 5.75 Å². The van der Waals surface area contributed by atoms with E-state index in [9.17, 15) is 9.50 Å². The number of fused-ring (bicyclic) bond motifs is 1. The van der Waals surface area contributed by atoms with Gasteiger partial charge >= 0.3 is 0 Å². The molecule has 2 heterocycles. The first-order valence-electron chi connectivity index (χ1n) is 7.19. The number of nitrogens with one attached hydrogen (secondary N) is 1. The molecule has 0 radical (unpaired) electrons. The van der Waals surface area contributed by atoms with E-state index in [4.69, 9.17) is 0 Å². The lowest BCUT2D eigenvalue weighted by molar-refractivity contribution is 0.180. The molecule has 19 heavy (non-hydrogen) atoms. The Morgan fingerprint density at radius 3 is 3.00 bits per heavy atom. The zero-order chi connectivity index (χ0) is 13.2. The minimum absolute atomic E-state index is 0.275. The van der Waals surface area contributed by atoms with Gasteiger partial charge in [0.25, 0.3) is 0 Å². The average molecular weight is 264 g/mol. The van der Waals surface area contributed by atoms with Crippen LogP contribution in [0.25, 0.3) is 0 Å². The number of phenols is 1. The highest BCUT2D eigenvalue weighted by Crippen LogP contribution is 2.27. The van der Waals surface area contributed by atoms with Crippen molar-refractivity contribution in [2.75, 3.05) is 13.1 Å². The Morgan fingerprint density at radius 1 is 1.26 bits per heavy atom. The van der Waals surface area contributed by atoms with Gasteiger partial charge in [0, 0.05) is 25.2 Å². The first-order valence-corrected chi connectivity index (χ1v) is 7.19. The number of aromatic hydroxyl groups is 1. The molecule has 0 spiro atoms. The summed E-state index contributed by atoms with van der Waals surface area (Å²) in [6.07, 6.45) is 5.12. The van der Waals surface area contributed by atoms with Crippen molar-refractivity contribution in [1.29, 1.82) is 0 Å². The highest BCUT2D eigenvalue weighted by Gasteiger charge is 2.34. The van der Waals surface area contributed by atoms with Crippen LogP contribution in [-0.4, -0.2) is 35.2 Å². The number of benzene rings is 1. The van der Waals surface area contributed by atoms with Crippen LogP contribution >= 0.6 is 0 Å². The van der Waals surface area contributed by atoms with Gasteiger partial charge in [-0.3, -0.25) is 4.90 Å². The summed E-state index contributed by atoms with van der Waals surface area (Å²) in [6, 6.07) is 5.80. The Bertz CT molecular complexity index is 452. The zero-order valence-corrected chi connectivity index (χ0v) is 11.1. The van der Waals surface area contributed by atoms with Gasteiger partial charge in [0.15, 0.2) is 11.6 Å². The highest BCUT2D eigenvalue weighted by molar-refractivity contribution is 5.28. The Morgan fingerprint density at radius 2 is 2.16 bits per heavy atom. The molecule has 1 aromatic carbocycles. The molecule has 0 saturated carbocycles. The fraction of sp³-hybridized carbons (Fsp3) is 0.600. The van der Waals surface area contributed by atoms with Gasteiger partial charge in [-0.25, -0.2) is 4.39 Å². The maximum atomic E-state index is 13.3. The Hall–Kier alpha value is -1.13. The number of rotatable bonds is 3. The van der Waals surface area contributed by atoms with Crippen LogP contribution in [0, 0.1) is 5.82 Å². The molecule has 1 aromatic rings. The minimum Gasteiger partial charge on any atom is -0.505 e. The molecule has 2 N–H and O–H groups in total. The van der Waals surface area contributed by atoms with Crippen molar-refractivity contribution in [3.8, 4) is 5.75 Å². The molecule has 4 heteroatoms. The van der Waals surface area contributed by atoms with Crippen molar-refractivity contribution < 1.29 is 9.50 Å². The molecule has 104 valence electrons. The van der Waals surface area contributed by atoms with Crippen LogP contribution in [0.15, 0.2) is 18.2 Å². The number of piperidine rings is 1. The van der Waals surface area contributed by atoms with Gasteiger partial charge in [0.05, 0.1) is 0 Å². The summed E-state index contributed by atoms with van der Waals surface area (Å²) in [6.45, 7) is 3.09. The molecule has 2 saturated heterocycles. The normalized spacial score (nSPS) is 27.4. The number of phenolic OH excluding ortho intramolecular Hbond substituents is 1. The first kappa shape index (κ1) is 12.9. The summed E-state index contributed by atoms with van der Waals surface area (Å²) in [5.74, 6) is -0.812. The molecule has 0 aromatic heterocycles. The van der Waals surface area contributed by atoms with E-state index in [2.05, 4.69) is 10.2 Å². The molecule has 3 nitrogen and oxygen atoms in total. The van der Waals surface area contributed by atoms with Gasteiger partial charge in [-0.15, -0.1) is 0 Å². The van der Waals surface area contributed by atoms with Gasteiger partial charge in [-0.1, -0.05) is 12.5 Å². The molecule has 3 rings (SSSR count). The van der Waals surface area contributed by atoms with Gasteiger partial charge in [-0.05, 0) is 43.5 Å². The molecule has 0 bridgehead atoms. The minimum atomic E-state index is -0.537. The summed E-state index contributed by atoms with van der Waals surface area (Å²) < 4.78 is 13.3. The third kappa shape index (κ3) is 2.74. The van der Waals surface area contributed by atoms with E-state index in [-0.39, 0.29) is 5.75 Å². The quantitative estimate of drug-likeness (QED) is 0.879. The van der Waals surface area contributed by atoms with E-state index in [0.29, 0.717) is 18.6 Å². The van der Waals surface area contributed by atoms with Crippen LogP contribution in [0.4, 0.5) is 4.39 Å². The summed E-state index contributed by atoms with van der Waals surface area (Å²) in [7, 11) is 0. The van der Waals surface area contributed by atoms with Crippen LogP contribution in [0.1, 0.15) is 31.2 Å². The SMILES string of the molecule is Oc1ccc(CNC2CCN3CCCCC23)cc1F. The largest absolute Gasteiger partial charge is 0.505 e. The standard InChI is InChI=1S/C15H21FN2O/c16-12-9-11(4-5-15(12)19)10-17-13-6-8-18-7-2-1-3-14(13)18/h4-5,9,13-14,17,19H,1-3,6-8,10H2. The third-order valence-electron chi connectivity index (χ3n) is 4.44. The molecule has 2 fully saturated rings. The second-order valence-electron chi connectivity index (χ2n) is 5.66. The fourth-order valence-corrected chi connectivity index (χ4v) is 3.39. The Balaban J connectivity index is 1.58. The average Bonchev–Trinajstić information content (AvgIpc) is 2.83. The number of hydrogen-bond donors (Lipinski definition) is 2. The Kier molecular flexibility index (Phi) is 3.71. The van der Waals surface area contributed by atoms with Gasteiger partial charge in [0.1, 0.15) is 0 Å². The fourth-order valence-electron chi connectivity index (χ4n) is 3.39. The van der Waals surface area contributed by atoms with E-state index >= 15 is 0 Å². The predicted octanol–water partition coefficient (Wildman–Crippen LogP) is 2.25. The molecule has 2 unspecified atom stereocenters. The van der Waals surface area contributed by atoms with E-state index < -0.39 is 5.82 Å². The van der Waals surface area contributed by atoms with Crippen molar-refractivity contribution in [3.05, 3.63) is 29.6 Å². The summed E-state index contributed by atoms with van der Waals surface area (Å²) in [5.41, 5.74) is 0.893. The van der Waals surface area contributed by atoms with Crippen LogP contribution in [-0.2, 0) is 6.54 Å². The predicted molar refractivity (Wildman–Crippen MR) is 72.5 cm³/mol. The second-order valence-corrected chi connectivity index (χ2v) is 5.66. The van der Waals surface area contributed by atoms with Gasteiger partial charge in [0.2, 0.25) is 0 Å². The van der Waals surface area contributed by atoms with E-state index in [1.54, 1.807) is 6.07 Å². The van der Waals surface area contributed by atoms with Crippen molar-refractivity contribution >= 4 is 0 Å². The van der Waals surface area contributed by atoms with E-state index in [1.165, 1.54) is 50.9 Å². The van der Waals surface area contributed by atoms with Crippen molar-refractivity contribution in [1.82, 2.24) is 10.2 Å². The molecule has 2 aliphatic heterocycles. The van der Waals surface area contributed by atoms with Crippen LogP contribution < -0.4 is 5.32 Å². The summed E-state index contributed by atoms with van der Waals surface area (Å²) in [5, 5.41) is 12.7. The lowest BCUT2D eigenvalue weighted by Gasteiger charge is -2.32. The van der Waals surface area contributed by atoms with Crippen LogP contribution in [0.3, 0.4) is 0 Å². The van der Waals surface area contributed by atoms with Crippen molar-refractivity contribution in [2.45, 2.75) is 44.3 Å². The number of nitrogens with zero attached hydrogens (tertiary/aromatic N) is 1. The highest BCUT2D eigenvalue weighted by atomic mass is 19.1. The first-order chi connectivity index (χ1) is 9.24. The molecular formula is C15H21FN2O. The third-order valence-corrected chi connectivity index (χ3v) is 4.44. The lowest BCUT2D eigenvalue weighted by Crippen LogP contribution is -2.44. The van der Waals surface area contributed by atoms with Gasteiger partial charge in [-0.2, -0.15) is 0 Å². The van der Waals surface area contributed by atoms with Crippen molar-refractivity contribution in [3.63, 3.8) is 0 Å². The lowest BCUT2D eigenvalue weighted by atomic mass is 9.99.